The summed E-state index contributed by atoms with van der Waals surface area (Å²) in [5.41, 5.74) is 1.88. The fourth-order valence-corrected chi connectivity index (χ4v) is 3.11. The van der Waals surface area contributed by atoms with Crippen LogP contribution in [-0.2, 0) is 0 Å². The van der Waals surface area contributed by atoms with Crippen molar-refractivity contribution in [3.8, 4) is 28.7 Å². The van der Waals surface area contributed by atoms with Gasteiger partial charge in [-0.05, 0) is 60.7 Å². The maximum Gasteiger partial charge on any atom is 0.323 e. The molecule has 1 heterocycles. The topological polar surface area (TPSA) is 102 Å². The van der Waals surface area contributed by atoms with E-state index in [2.05, 4.69) is 15.6 Å². The average molecular weight is 431 g/mol. The number of pyridine rings is 1. The molecule has 0 radical (unpaired) electrons. The zero-order valence-corrected chi connectivity index (χ0v) is 17.5. The lowest BCUT2D eigenvalue weighted by molar-refractivity contribution is 0.262. The number of fused-ring (bicyclic) bond motifs is 1. The van der Waals surface area contributed by atoms with Crippen molar-refractivity contribution in [1.29, 1.82) is 0 Å². The summed E-state index contributed by atoms with van der Waals surface area (Å²) in [5.74, 6) is 2.51. The van der Waals surface area contributed by atoms with Crippen molar-refractivity contribution in [1.82, 2.24) is 4.98 Å². The van der Waals surface area contributed by atoms with Crippen molar-refractivity contribution in [2.75, 3.05) is 24.9 Å². The minimum absolute atomic E-state index is 0.131. The van der Waals surface area contributed by atoms with Crippen molar-refractivity contribution in [2.24, 2.45) is 0 Å². The second-order valence-electron chi connectivity index (χ2n) is 6.79. The zero-order chi connectivity index (χ0) is 22.5. The third-order valence-electron chi connectivity index (χ3n) is 4.67. The number of nitrogens with one attached hydrogen (secondary N) is 2. The van der Waals surface area contributed by atoms with Crippen molar-refractivity contribution in [2.45, 2.75) is 0 Å². The second kappa shape index (κ2) is 9.13. The highest BCUT2D eigenvalue weighted by atomic mass is 16.5. The highest BCUT2D eigenvalue weighted by Crippen LogP contribution is 2.37. The summed E-state index contributed by atoms with van der Waals surface area (Å²) in [6, 6.07) is 18.2. The Bertz CT molecular complexity index is 1240. The van der Waals surface area contributed by atoms with E-state index in [1.807, 2.05) is 6.07 Å². The first kappa shape index (κ1) is 20.8. The van der Waals surface area contributed by atoms with Gasteiger partial charge in [0.2, 0.25) is 0 Å². The van der Waals surface area contributed by atoms with Gasteiger partial charge in [-0.25, -0.2) is 4.79 Å². The van der Waals surface area contributed by atoms with Crippen LogP contribution in [0, 0.1) is 0 Å². The Balaban J connectivity index is 1.47. The number of hydrogen-bond acceptors (Lipinski definition) is 6. The predicted molar refractivity (Wildman–Crippen MR) is 122 cm³/mol. The summed E-state index contributed by atoms with van der Waals surface area (Å²) in [4.78, 5) is 16.5. The van der Waals surface area contributed by atoms with E-state index in [-0.39, 0.29) is 5.75 Å². The molecule has 4 aromatic rings. The highest BCUT2D eigenvalue weighted by Gasteiger charge is 2.11. The molecule has 0 unspecified atom stereocenters. The number of aromatic hydroxyl groups is 1. The normalized spacial score (nSPS) is 10.4. The molecular formula is C24H21N3O5. The van der Waals surface area contributed by atoms with Gasteiger partial charge in [0, 0.05) is 29.0 Å². The maximum absolute atomic E-state index is 12.2. The smallest absolute Gasteiger partial charge is 0.323 e. The summed E-state index contributed by atoms with van der Waals surface area (Å²) >= 11 is 0. The molecule has 0 aliphatic rings. The summed E-state index contributed by atoms with van der Waals surface area (Å²) in [5, 5.41) is 15.5. The van der Waals surface area contributed by atoms with E-state index < -0.39 is 6.03 Å². The molecule has 2 amide bonds. The monoisotopic (exact) mass is 431 g/mol. The number of carbonyl (C=O) groups is 1. The molecule has 0 aliphatic heterocycles. The largest absolute Gasteiger partial charge is 0.508 e. The molecule has 32 heavy (non-hydrogen) atoms. The molecule has 8 heteroatoms. The van der Waals surface area contributed by atoms with Gasteiger partial charge in [0.1, 0.15) is 17.2 Å². The van der Waals surface area contributed by atoms with Crippen molar-refractivity contribution < 1.29 is 24.1 Å². The lowest BCUT2D eigenvalue weighted by Crippen LogP contribution is -2.19. The number of phenolic OH excluding ortho intramolecular Hbond substituents is 1. The van der Waals surface area contributed by atoms with E-state index >= 15 is 0 Å². The third kappa shape index (κ3) is 4.65. The molecule has 8 nitrogen and oxygen atoms in total. The molecule has 0 spiro atoms. The van der Waals surface area contributed by atoms with Crippen LogP contribution in [-0.4, -0.2) is 30.3 Å². The van der Waals surface area contributed by atoms with Gasteiger partial charge >= 0.3 is 6.03 Å². The molecule has 0 atom stereocenters. The Morgan fingerprint density at radius 3 is 2.03 bits per heavy atom. The molecule has 4 rings (SSSR count). The standard InChI is InChI=1S/C24H21N3O5/c1-30-22-13-19-20(14-23(22)31-2)25-12-11-21(19)32-18-9-5-16(6-10-18)27-24(29)26-15-3-7-17(28)8-4-15/h3-14,28H,1-2H3,(H2,26,27,29). The molecular weight excluding hydrogens is 410 g/mol. The first-order valence-corrected chi connectivity index (χ1v) is 9.71. The quantitative estimate of drug-likeness (QED) is 0.354. The summed E-state index contributed by atoms with van der Waals surface area (Å²) in [6.07, 6.45) is 1.66. The number of rotatable bonds is 6. The van der Waals surface area contributed by atoms with Crippen molar-refractivity contribution in [3.05, 3.63) is 72.9 Å². The highest BCUT2D eigenvalue weighted by molar-refractivity contribution is 5.99. The number of urea groups is 1. The molecule has 0 saturated heterocycles. The number of phenols is 1. The lowest BCUT2D eigenvalue weighted by atomic mass is 10.2. The van der Waals surface area contributed by atoms with Gasteiger partial charge in [-0.2, -0.15) is 0 Å². The summed E-state index contributed by atoms with van der Waals surface area (Å²) in [6.45, 7) is 0. The van der Waals surface area contributed by atoms with Crippen LogP contribution in [0.25, 0.3) is 10.9 Å². The zero-order valence-electron chi connectivity index (χ0n) is 17.5. The minimum atomic E-state index is -0.398. The van der Waals surface area contributed by atoms with Gasteiger partial charge in [-0.3, -0.25) is 4.98 Å². The number of anilines is 2. The Morgan fingerprint density at radius 2 is 1.41 bits per heavy atom. The molecule has 0 bridgehead atoms. The van der Waals surface area contributed by atoms with E-state index in [0.717, 1.165) is 5.39 Å². The van der Waals surface area contributed by atoms with Gasteiger partial charge in [-0.1, -0.05) is 0 Å². The van der Waals surface area contributed by atoms with E-state index in [1.165, 1.54) is 12.1 Å². The first-order chi connectivity index (χ1) is 15.6. The fourth-order valence-electron chi connectivity index (χ4n) is 3.11. The number of amides is 2. The van der Waals surface area contributed by atoms with E-state index in [1.54, 1.807) is 68.9 Å². The van der Waals surface area contributed by atoms with Gasteiger partial charge in [0.25, 0.3) is 0 Å². The van der Waals surface area contributed by atoms with Crippen molar-refractivity contribution >= 4 is 28.3 Å². The second-order valence-corrected chi connectivity index (χ2v) is 6.79. The molecule has 0 saturated carbocycles. The first-order valence-electron chi connectivity index (χ1n) is 9.71. The Kier molecular flexibility index (Phi) is 5.94. The van der Waals surface area contributed by atoms with Crippen LogP contribution in [0.4, 0.5) is 16.2 Å². The van der Waals surface area contributed by atoms with E-state index in [4.69, 9.17) is 14.2 Å². The molecule has 0 fully saturated rings. The van der Waals surface area contributed by atoms with E-state index in [9.17, 15) is 9.90 Å². The Hall–Kier alpha value is -4.46. The molecule has 1 aromatic heterocycles. The lowest BCUT2D eigenvalue weighted by Gasteiger charge is -2.13. The summed E-state index contributed by atoms with van der Waals surface area (Å²) in [7, 11) is 3.15. The molecule has 0 aliphatic carbocycles. The number of hydrogen-bond donors (Lipinski definition) is 3. The number of aromatic nitrogens is 1. The fraction of sp³-hybridized carbons (Fsp3) is 0.0833. The average Bonchev–Trinajstić information content (AvgIpc) is 2.81. The van der Waals surface area contributed by atoms with Gasteiger partial charge in [-0.15, -0.1) is 0 Å². The van der Waals surface area contributed by atoms with Crippen LogP contribution in [0.2, 0.25) is 0 Å². The minimum Gasteiger partial charge on any atom is -0.508 e. The molecule has 3 N–H and O–H groups in total. The number of nitrogens with zero attached hydrogens (tertiary/aromatic N) is 1. The van der Waals surface area contributed by atoms with Gasteiger partial charge in [0.15, 0.2) is 11.5 Å². The third-order valence-corrected chi connectivity index (χ3v) is 4.67. The van der Waals surface area contributed by atoms with E-state index in [0.29, 0.717) is 39.9 Å². The maximum atomic E-state index is 12.2. The van der Waals surface area contributed by atoms with Gasteiger partial charge in [0.05, 0.1) is 19.7 Å². The summed E-state index contributed by atoms with van der Waals surface area (Å²) < 4.78 is 16.8. The SMILES string of the molecule is COc1cc2nccc(Oc3ccc(NC(=O)Nc4ccc(O)cc4)cc3)c2cc1OC. The number of methoxy groups -OCH3 is 2. The number of ether oxygens (including phenoxy) is 3. The van der Waals surface area contributed by atoms with Crippen LogP contribution >= 0.6 is 0 Å². The van der Waals surface area contributed by atoms with Crippen molar-refractivity contribution in [3.63, 3.8) is 0 Å². The Morgan fingerprint density at radius 1 is 0.812 bits per heavy atom. The molecule has 3 aromatic carbocycles. The number of carbonyl (C=O) groups excluding carboxylic acids is 1. The number of benzene rings is 3. The molecule has 162 valence electrons. The van der Waals surface area contributed by atoms with Crippen LogP contribution in [0.3, 0.4) is 0 Å². The predicted octanol–water partition coefficient (Wildman–Crippen LogP) is 5.39. The Labute approximate surface area is 184 Å². The van der Waals surface area contributed by atoms with Crippen LogP contribution in [0.1, 0.15) is 0 Å². The van der Waals surface area contributed by atoms with Crippen LogP contribution in [0.5, 0.6) is 28.7 Å². The van der Waals surface area contributed by atoms with Crippen LogP contribution < -0.4 is 24.8 Å². The van der Waals surface area contributed by atoms with Gasteiger partial charge < -0.3 is 30.0 Å². The van der Waals surface area contributed by atoms with Crippen LogP contribution in [0.15, 0.2) is 72.9 Å².